The Morgan fingerprint density at radius 2 is 1.93 bits per heavy atom. The van der Waals surface area contributed by atoms with Crippen molar-refractivity contribution in [3.63, 3.8) is 0 Å². The summed E-state index contributed by atoms with van der Waals surface area (Å²) in [6, 6.07) is 7.36. The van der Waals surface area contributed by atoms with Gasteiger partial charge >= 0.3 is 0 Å². The zero-order valence-electron chi connectivity index (χ0n) is 8.78. The fraction of sp³-hybridized carbons (Fsp3) is 0.455. The summed E-state index contributed by atoms with van der Waals surface area (Å²) in [5.41, 5.74) is 6.94. The number of hydrogen-bond donors (Lipinski definition) is 1. The number of nitrogens with two attached hydrogens (primary N) is 1. The minimum Gasteiger partial charge on any atom is -0.382 e. The lowest BCUT2D eigenvalue weighted by Gasteiger charge is -2.12. The molecule has 15 heavy (non-hydrogen) atoms. The van der Waals surface area contributed by atoms with E-state index in [1.54, 1.807) is 7.11 Å². The first-order valence-electron chi connectivity index (χ1n) is 4.81. The first-order chi connectivity index (χ1) is 7.24. The summed E-state index contributed by atoms with van der Waals surface area (Å²) in [4.78, 5) is 0. The van der Waals surface area contributed by atoms with Gasteiger partial charge in [0, 0.05) is 12.1 Å². The van der Waals surface area contributed by atoms with Crippen LogP contribution in [0.4, 0.5) is 0 Å². The van der Waals surface area contributed by atoms with Gasteiger partial charge < -0.3 is 15.2 Å². The van der Waals surface area contributed by atoms with Gasteiger partial charge in [0.15, 0.2) is 0 Å². The molecule has 0 aliphatic carbocycles. The molecule has 84 valence electrons. The Labute approximate surface area is 95.1 Å². The second-order valence-electron chi connectivity index (χ2n) is 3.23. The maximum Gasteiger partial charge on any atom is 0.0701 e. The molecule has 0 saturated carbocycles. The van der Waals surface area contributed by atoms with Crippen LogP contribution in [0.25, 0.3) is 0 Å². The van der Waals surface area contributed by atoms with Gasteiger partial charge in [-0.3, -0.25) is 0 Å². The zero-order valence-corrected chi connectivity index (χ0v) is 9.54. The van der Waals surface area contributed by atoms with Crippen LogP contribution in [0.5, 0.6) is 0 Å². The maximum absolute atomic E-state index is 5.92. The highest BCUT2D eigenvalue weighted by Gasteiger charge is 2.05. The van der Waals surface area contributed by atoms with Crippen LogP contribution in [-0.4, -0.2) is 26.9 Å². The summed E-state index contributed by atoms with van der Waals surface area (Å²) in [6.45, 7) is 1.65. The number of ether oxygens (including phenoxy) is 2. The largest absolute Gasteiger partial charge is 0.382 e. The van der Waals surface area contributed by atoms with E-state index in [1.165, 1.54) is 0 Å². The molecule has 1 aromatic carbocycles. The van der Waals surface area contributed by atoms with E-state index in [0.717, 1.165) is 5.56 Å². The van der Waals surface area contributed by atoms with Gasteiger partial charge in [-0.25, -0.2) is 0 Å². The van der Waals surface area contributed by atoms with Crippen molar-refractivity contribution in [2.75, 3.05) is 26.9 Å². The van der Waals surface area contributed by atoms with Crippen LogP contribution in [0.3, 0.4) is 0 Å². The standard InChI is InChI=1S/C11H16ClNO2/c1-14-6-7-15-8-11(13)9-2-4-10(12)5-3-9/h2-5,11H,6-8,13H2,1H3. The van der Waals surface area contributed by atoms with Crippen molar-refractivity contribution in [1.29, 1.82) is 0 Å². The Bertz CT molecular complexity index is 276. The first-order valence-corrected chi connectivity index (χ1v) is 5.19. The molecule has 0 fully saturated rings. The van der Waals surface area contributed by atoms with Gasteiger partial charge in [0.05, 0.1) is 25.9 Å². The van der Waals surface area contributed by atoms with E-state index in [9.17, 15) is 0 Å². The topological polar surface area (TPSA) is 44.5 Å². The van der Waals surface area contributed by atoms with E-state index in [0.29, 0.717) is 24.8 Å². The van der Waals surface area contributed by atoms with E-state index in [2.05, 4.69) is 0 Å². The molecular formula is C11H16ClNO2. The molecule has 0 aromatic heterocycles. The second-order valence-corrected chi connectivity index (χ2v) is 3.66. The molecule has 0 heterocycles. The normalized spacial score (nSPS) is 12.7. The first kappa shape index (κ1) is 12.5. The Morgan fingerprint density at radius 1 is 1.27 bits per heavy atom. The summed E-state index contributed by atoms with van der Waals surface area (Å²) < 4.78 is 10.2. The van der Waals surface area contributed by atoms with Crippen LogP contribution >= 0.6 is 11.6 Å². The summed E-state index contributed by atoms with van der Waals surface area (Å²) in [6.07, 6.45) is 0. The maximum atomic E-state index is 5.92. The molecule has 1 atom stereocenters. The van der Waals surface area contributed by atoms with E-state index in [1.807, 2.05) is 24.3 Å². The van der Waals surface area contributed by atoms with E-state index in [4.69, 9.17) is 26.8 Å². The minimum absolute atomic E-state index is 0.112. The quantitative estimate of drug-likeness (QED) is 0.759. The van der Waals surface area contributed by atoms with Gasteiger partial charge in [-0.1, -0.05) is 23.7 Å². The number of rotatable bonds is 6. The zero-order chi connectivity index (χ0) is 11.1. The average molecular weight is 230 g/mol. The molecule has 0 spiro atoms. The third-order valence-corrected chi connectivity index (χ3v) is 2.28. The van der Waals surface area contributed by atoms with Gasteiger partial charge in [0.2, 0.25) is 0 Å². The van der Waals surface area contributed by atoms with Crippen molar-refractivity contribution in [3.05, 3.63) is 34.9 Å². The van der Waals surface area contributed by atoms with Crippen LogP contribution in [-0.2, 0) is 9.47 Å². The number of hydrogen-bond acceptors (Lipinski definition) is 3. The van der Waals surface area contributed by atoms with Gasteiger partial charge in [-0.05, 0) is 17.7 Å². The van der Waals surface area contributed by atoms with Crippen LogP contribution < -0.4 is 5.73 Å². The SMILES string of the molecule is COCCOCC(N)c1ccc(Cl)cc1. The van der Waals surface area contributed by atoms with Gasteiger partial charge in [0.1, 0.15) is 0 Å². The molecule has 0 bridgehead atoms. The summed E-state index contributed by atoms with van der Waals surface area (Å²) in [5.74, 6) is 0. The predicted molar refractivity (Wildman–Crippen MR) is 61.1 cm³/mol. The molecule has 3 nitrogen and oxygen atoms in total. The Kier molecular flexibility index (Phi) is 5.65. The molecule has 1 unspecified atom stereocenters. The Morgan fingerprint density at radius 3 is 2.53 bits per heavy atom. The fourth-order valence-corrected chi connectivity index (χ4v) is 1.28. The van der Waals surface area contributed by atoms with Crippen molar-refractivity contribution in [3.8, 4) is 0 Å². The second kappa shape index (κ2) is 6.80. The van der Waals surface area contributed by atoms with Crippen molar-refractivity contribution in [2.45, 2.75) is 6.04 Å². The molecule has 1 aromatic rings. The summed E-state index contributed by atoms with van der Waals surface area (Å²) >= 11 is 5.77. The number of halogens is 1. The van der Waals surface area contributed by atoms with Crippen molar-refractivity contribution < 1.29 is 9.47 Å². The Hall–Kier alpha value is -0.610. The minimum atomic E-state index is -0.112. The highest BCUT2D eigenvalue weighted by molar-refractivity contribution is 6.30. The molecule has 4 heteroatoms. The third kappa shape index (κ3) is 4.62. The highest BCUT2D eigenvalue weighted by Crippen LogP contribution is 2.14. The van der Waals surface area contributed by atoms with E-state index >= 15 is 0 Å². The predicted octanol–water partition coefficient (Wildman–Crippen LogP) is 2.00. The van der Waals surface area contributed by atoms with Crippen molar-refractivity contribution in [1.82, 2.24) is 0 Å². The van der Waals surface area contributed by atoms with Crippen LogP contribution in [0.1, 0.15) is 11.6 Å². The third-order valence-electron chi connectivity index (χ3n) is 2.03. The monoisotopic (exact) mass is 229 g/mol. The molecule has 0 amide bonds. The van der Waals surface area contributed by atoms with E-state index in [-0.39, 0.29) is 6.04 Å². The van der Waals surface area contributed by atoms with Gasteiger partial charge in [-0.2, -0.15) is 0 Å². The molecule has 2 N–H and O–H groups in total. The summed E-state index contributed by atoms with van der Waals surface area (Å²) in [7, 11) is 1.64. The van der Waals surface area contributed by atoms with Gasteiger partial charge in [0.25, 0.3) is 0 Å². The van der Waals surface area contributed by atoms with Crippen LogP contribution in [0.15, 0.2) is 24.3 Å². The molecule has 0 radical (unpaired) electrons. The molecule has 0 aliphatic heterocycles. The fourth-order valence-electron chi connectivity index (χ4n) is 1.16. The van der Waals surface area contributed by atoms with E-state index < -0.39 is 0 Å². The highest BCUT2D eigenvalue weighted by atomic mass is 35.5. The smallest absolute Gasteiger partial charge is 0.0701 e. The number of benzene rings is 1. The molecule has 1 rings (SSSR count). The number of methoxy groups -OCH3 is 1. The van der Waals surface area contributed by atoms with Crippen LogP contribution in [0, 0.1) is 0 Å². The van der Waals surface area contributed by atoms with Gasteiger partial charge in [-0.15, -0.1) is 0 Å². The summed E-state index contributed by atoms with van der Waals surface area (Å²) in [5, 5.41) is 0.714. The van der Waals surface area contributed by atoms with Crippen LogP contribution in [0.2, 0.25) is 5.02 Å². The lowest BCUT2D eigenvalue weighted by atomic mass is 10.1. The Balaban J connectivity index is 2.33. The molecular weight excluding hydrogens is 214 g/mol. The lowest BCUT2D eigenvalue weighted by molar-refractivity contribution is 0.0636. The molecule has 0 saturated heterocycles. The van der Waals surface area contributed by atoms with Crippen molar-refractivity contribution in [2.24, 2.45) is 5.73 Å². The molecule has 0 aliphatic rings. The average Bonchev–Trinajstić information content (AvgIpc) is 2.25. The van der Waals surface area contributed by atoms with Crippen molar-refractivity contribution >= 4 is 11.6 Å². The lowest BCUT2D eigenvalue weighted by Crippen LogP contribution is -2.18.